The van der Waals surface area contributed by atoms with Crippen molar-refractivity contribution in [3.63, 3.8) is 0 Å². The lowest BCUT2D eigenvalue weighted by Crippen LogP contribution is -1.98. The van der Waals surface area contributed by atoms with Crippen LogP contribution < -0.4 is 5.32 Å². The maximum Gasteiger partial charge on any atom is 0.166 e. The first-order valence-corrected chi connectivity index (χ1v) is 6.87. The van der Waals surface area contributed by atoms with E-state index >= 15 is 0 Å². The summed E-state index contributed by atoms with van der Waals surface area (Å²) in [6.45, 7) is 1.93. The van der Waals surface area contributed by atoms with Crippen LogP contribution in [-0.2, 0) is 0 Å². The third kappa shape index (κ3) is 2.49. The normalized spacial score (nSPS) is 10.8. The highest BCUT2D eigenvalue weighted by Crippen LogP contribution is 2.26. The first-order chi connectivity index (χ1) is 9.63. The van der Waals surface area contributed by atoms with Crippen molar-refractivity contribution in [2.45, 2.75) is 6.92 Å². The number of rotatable bonds is 2. The molecule has 0 bridgehead atoms. The van der Waals surface area contributed by atoms with Crippen molar-refractivity contribution < 1.29 is 4.39 Å². The molecule has 100 valence electrons. The molecule has 20 heavy (non-hydrogen) atoms. The van der Waals surface area contributed by atoms with E-state index in [1.54, 1.807) is 6.20 Å². The molecule has 0 aliphatic rings. The minimum atomic E-state index is -0.413. The number of nitrogens with zero attached hydrogens (tertiary/aromatic N) is 2. The number of fused-ring (bicyclic) bond motifs is 1. The number of pyridine rings is 2. The van der Waals surface area contributed by atoms with E-state index in [9.17, 15) is 4.39 Å². The van der Waals surface area contributed by atoms with Gasteiger partial charge in [-0.25, -0.2) is 9.37 Å². The fourth-order valence-corrected chi connectivity index (χ4v) is 2.28. The zero-order valence-electron chi connectivity index (χ0n) is 10.7. The van der Waals surface area contributed by atoms with Crippen molar-refractivity contribution in [3.8, 4) is 0 Å². The van der Waals surface area contributed by atoms with Crippen LogP contribution in [0.25, 0.3) is 10.9 Å². The highest BCUT2D eigenvalue weighted by atomic mass is 79.9. The van der Waals surface area contributed by atoms with Crippen LogP contribution in [0.5, 0.6) is 0 Å². The Morgan fingerprint density at radius 1 is 1.20 bits per heavy atom. The monoisotopic (exact) mass is 331 g/mol. The number of benzene rings is 1. The van der Waals surface area contributed by atoms with Crippen LogP contribution in [0, 0.1) is 12.7 Å². The number of halogens is 2. The molecule has 0 saturated carbocycles. The second kappa shape index (κ2) is 5.17. The van der Waals surface area contributed by atoms with E-state index < -0.39 is 5.82 Å². The van der Waals surface area contributed by atoms with Crippen molar-refractivity contribution in [1.29, 1.82) is 0 Å². The Bertz CT molecular complexity index is 789. The van der Waals surface area contributed by atoms with Crippen LogP contribution in [-0.4, -0.2) is 9.97 Å². The molecule has 0 amide bonds. The molecular weight excluding hydrogens is 321 g/mol. The Balaban J connectivity index is 2.08. The molecule has 0 aliphatic carbocycles. The number of anilines is 2. The minimum absolute atomic E-state index is 0.184. The van der Waals surface area contributed by atoms with E-state index in [0.717, 1.165) is 22.3 Å². The van der Waals surface area contributed by atoms with E-state index in [2.05, 4.69) is 31.2 Å². The molecule has 2 heterocycles. The minimum Gasteiger partial charge on any atom is -0.336 e. The Labute approximate surface area is 124 Å². The first-order valence-electron chi connectivity index (χ1n) is 6.08. The molecular formula is C15H11BrFN3. The Kier molecular flexibility index (Phi) is 3.36. The fourth-order valence-electron chi connectivity index (χ4n) is 1.98. The summed E-state index contributed by atoms with van der Waals surface area (Å²) >= 11 is 3.19. The average Bonchev–Trinajstić information content (AvgIpc) is 2.42. The summed E-state index contributed by atoms with van der Waals surface area (Å²) in [5, 5.41) is 4.00. The van der Waals surface area contributed by atoms with Crippen molar-refractivity contribution in [2.75, 3.05) is 5.32 Å². The van der Waals surface area contributed by atoms with Crippen LogP contribution in [0.15, 0.2) is 47.1 Å². The Hall–Kier alpha value is -2.01. The summed E-state index contributed by atoms with van der Waals surface area (Å²) in [6, 6.07) is 11.0. The summed E-state index contributed by atoms with van der Waals surface area (Å²) in [5.41, 5.74) is 2.45. The molecule has 3 nitrogen and oxygen atoms in total. The van der Waals surface area contributed by atoms with Crippen LogP contribution in [0.4, 0.5) is 15.9 Å². The third-order valence-electron chi connectivity index (χ3n) is 2.92. The molecule has 0 spiro atoms. The van der Waals surface area contributed by atoms with E-state index in [1.165, 1.54) is 6.07 Å². The van der Waals surface area contributed by atoms with Gasteiger partial charge >= 0.3 is 0 Å². The van der Waals surface area contributed by atoms with Gasteiger partial charge in [0.05, 0.1) is 11.2 Å². The van der Waals surface area contributed by atoms with Gasteiger partial charge in [0, 0.05) is 21.7 Å². The molecule has 0 saturated heterocycles. The highest BCUT2D eigenvalue weighted by molar-refractivity contribution is 9.10. The predicted molar refractivity (Wildman–Crippen MR) is 81.7 cm³/mol. The zero-order chi connectivity index (χ0) is 14.1. The van der Waals surface area contributed by atoms with E-state index in [-0.39, 0.29) is 5.82 Å². The molecule has 0 aliphatic heterocycles. The van der Waals surface area contributed by atoms with Crippen molar-refractivity contribution in [1.82, 2.24) is 9.97 Å². The molecule has 0 atom stereocenters. The Morgan fingerprint density at radius 3 is 2.85 bits per heavy atom. The quantitative estimate of drug-likeness (QED) is 0.746. The smallest absolute Gasteiger partial charge is 0.166 e. The SMILES string of the molecule is Cc1ccc2cccc(Nc3ncc(Br)cc3F)c2n1. The molecule has 3 aromatic rings. The van der Waals surface area contributed by atoms with Gasteiger partial charge in [-0.15, -0.1) is 0 Å². The second-order valence-electron chi connectivity index (χ2n) is 4.44. The van der Waals surface area contributed by atoms with Crippen LogP contribution >= 0.6 is 15.9 Å². The third-order valence-corrected chi connectivity index (χ3v) is 3.35. The van der Waals surface area contributed by atoms with Gasteiger partial charge < -0.3 is 5.32 Å². The van der Waals surface area contributed by atoms with E-state index in [0.29, 0.717) is 4.47 Å². The van der Waals surface area contributed by atoms with E-state index in [1.807, 2.05) is 37.3 Å². The van der Waals surface area contributed by atoms with Gasteiger partial charge in [-0.05, 0) is 41.1 Å². The second-order valence-corrected chi connectivity index (χ2v) is 5.35. The summed E-state index contributed by atoms with van der Waals surface area (Å²) in [7, 11) is 0. The summed E-state index contributed by atoms with van der Waals surface area (Å²) in [5.74, 6) is -0.229. The van der Waals surface area contributed by atoms with Gasteiger partial charge in [-0.2, -0.15) is 0 Å². The molecule has 0 fully saturated rings. The van der Waals surface area contributed by atoms with Crippen molar-refractivity contribution >= 4 is 38.3 Å². The lowest BCUT2D eigenvalue weighted by atomic mass is 10.1. The molecule has 2 aromatic heterocycles. The molecule has 3 rings (SSSR count). The van der Waals surface area contributed by atoms with Gasteiger partial charge in [0.25, 0.3) is 0 Å². The molecule has 0 unspecified atom stereocenters. The molecule has 5 heteroatoms. The maximum absolute atomic E-state index is 13.8. The number of aromatic nitrogens is 2. The lowest BCUT2D eigenvalue weighted by Gasteiger charge is -2.09. The largest absolute Gasteiger partial charge is 0.336 e. The zero-order valence-corrected chi connectivity index (χ0v) is 12.3. The van der Waals surface area contributed by atoms with Crippen molar-refractivity contribution in [3.05, 3.63) is 58.6 Å². The molecule has 1 aromatic carbocycles. The fraction of sp³-hybridized carbons (Fsp3) is 0.0667. The summed E-state index contributed by atoms with van der Waals surface area (Å²) in [6.07, 6.45) is 1.55. The van der Waals surface area contributed by atoms with Gasteiger partial charge in [-0.1, -0.05) is 18.2 Å². The van der Waals surface area contributed by atoms with Gasteiger partial charge in [0.2, 0.25) is 0 Å². The molecule has 0 radical (unpaired) electrons. The first kappa shape index (κ1) is 13.0. The topological polar surface area (TPSA) is 37.8 Å². The van der Waals surface area contributed by atoms with Gasteiger partial charge in [0.15, 0.2) is 11.6 Å². The standard InChI is InChI=1S/C15H11BrFN3/c1-9-5-6-10-3-2-4-13(14(10)19-9)20-15-12(17)7-11(16)8-18-15/h2-8H,1H3,(H,18,20). The van der Waals surface area contributed by atoms with E-state index in [4.69, 9.17) is 0 Å². The number of para-hydroxylation sites is 1. The summed E-state index contributed by atoms with van der Waals surface area (Å²) in [4.78, 5) is 8.54. The predicted octanol–water partition coefficient (Wildman–Crippen LogP) is 4.58. The summed E-state index contributed by atoms with van der Waals surface area (Å²) < 4.78 is 14.4. The molecule has 1 N–H and O–H groups in total. The Morgan fingerprint density at radius 2 is 2.05 bits per heavy atom. The average molecular weight is 332 g/mol. The maximum atomic E-state index is 13.8. The highest BCUT2D eigenvalue weighted by Gasteiger charge is 2.08. The van der Waals surface area contributed by atoms with Crippen LogP contribution in [0.1, 0.15) is 5.69 Å². The van der Waals surface area contributed by atoms with Crippen LogP contribution in [0.2, 0.25) is 0 Å². The lowest BCUT2D eigenvalue weighted by molar-refractivity contribution is 0.625. The number of hydrogen-bond donors (Lipinski definition) is 1. The number of aryl methyl sites for hydroxylation is 1. The number of nitrogens with one attached hydrogen (secondary N) is 1. The van der Waals surface area contributed by atoms with Gasteiger partial charge in [0.1, 0.15) is 0 Å². The number of hydrogen-bond acceptors (Lipinski definition) is 3. The van der Waals surface area contributed by atoms with Gasteiger partial charge in [-0.3, -0.25) is 4.98 Å². The van der Waals surface area contributed by atoms with Crippen molar-refractivity contribution in [2.24, 2.45) is 0 Å². The van der Waals surface area contributed by atoms with Crippen LogP contribution in [0.3, 0.4) is 0 Å².